The van der Waals surface area contributed by atoms with Crippen LogP contribution in [-0.2, 0) is 4.74 Å². The lowest BCUT2D eigenvalue weighted by Crippen LogP contribution is -2.36. The summed E-state index contributed by atoms with van der Waals surface area (Å²) in [7, 11) is 0. The van der Waals surface area contributed by atoms with Gasteiger partial charge < -0.3 is 26.5 Å². The largest absolute Gasteiger partial charge is 0.444 e. The molecule has 0 radical (unpaired) electrons. The molecule has 1 aliphatic rings. The van der Waals surface area contributed by atoms with Crippen LogP contribution >= 0.6 is 0 Å². The lowest BCUT2D eigenvalue weighted by Gasteiger charge is -2.24. The zero-order valence-corrected chi connectivity index (χ0v) is 16.2. The lowest BCUT2D eigenvalue weighted by molar-refractivity contribution is 0.0293. The van der Waals surface area contributed by atoms with E-state index in [2.05, 4.69) is 15.4 Å². The molecule has 5 N–H and O–H groups in total. The summed E-state index contributed by atoms with van der Waals surface area (Å²) in [6.45, 7) is 6.51. The van der Waals surface area contributed by atoms with Crippen molar-refractivity contribution in [3.63, 3.8) is 0 Å². The molecule has 2 aromatic rings. The van der Waals surface area contributed by atoms with Gasteiger partial charge in [-0.2, -0.15) is 5.10 Å². The van der Waals surface area contributed by atoms with Gasteiger partial charge in [-0.25, -0.2) is 14.2 Å². The molecule has 0 saturated carbocycles. The highest BCUT2D eigenvalue weighted by Crippen LogP contribution is 2.26. The molecular formula is C19H25FN6O2. The first-order chi connectivity index (χ1) is 13.2. The fraction of sp³-hybridized carbons (Fsp3) is 0.421. The summed E-state index contributed by atoms with van der Waals surface area (Å²) in [6.07, 6.45) is 0.358. The molecule has 0 bridgehead atoms. The summed E-state index contributed by atoms with van der Waals surface area (Å²) < 4.78 is 19.2. The number of carbonyl (C=O) groups excluding carboxylic acids is 1. The number of aromatic nitrogens is 1. The molecule has 1 unspecified atom stereocenters. The van der Waals surface area contributed by atoms with E-state index in [1.165, 1.54) is 12.1 Å². The number of anilines is 1. The Morgan fingerprint density at radius 1 is 1.39 bits per heavy atom. The predicted molar refractivity (Wildman–Crippen MR) is 106 cm³/mol. The first kappa shape index (κ1) is 19.7. The van der Waals surface area contributed by atoms with Crippen LogP contribution in [0.2, 0.25) is 0 Å². The minimum Gasteiger partial charge on any atom is -0.444 e. The van der Waals surface area contributed by atoms with Crippen LogP contribution in [0.5, 0.6) is 0 Å². The molecule has 2 heterocycles. The maximum absolute atomic E-state index is 13.8. The topological polar surface area (TPSA) is 119 Å². The van der Waals surface area contributed by atoms with Crippen molar-refractivity contribution in [1.29, 1.82) is 0 Å². The van der Waals surface area contributed by atoms with Gasteiger partial charge in [0.2, 0.25) is 0 Å². The van der Waals surface area contributed by atoms with Crippen LogP contribution in [-0.4, -0.2) is 46.5 Å². The summed E-state index contributed by atoms with van der Waals surface area (Å²) in [4.78, 5) is 18.4. The number of hydrogen-bond acceptors (Lipinski definition) is 6. The minimum absolute atomic E-state index is 0.0576. The van der Waals surface area contributed by atoms with Crippen LogP contribution in [0.15, 0.2) is 29.4 Å². The molecule has 1 atom stereocenters. The Hall–Kier alpha value is -3.10. The normalized spacial score (nSPS) is 17.8. The Balaban J connectivity index is 1.84. The quantitative estimate of drug-likeness (QED) is 0.321. The van der Waals surface area contributed by atoms with E-state index < -0.39 is 5.60 Å². The van der Waals surface area contributed by atoms with Crippen LogP contribution < -0.4 is 16.9 Å². The predicted octanol–water partition coefficient (Wildman–Crippen LogP) is 2.37. The summed E-state index contributed by atoms with van der Waals surface area (Å²) in [5.41, 5.74) is 5.65. The van der Waals surface area contributed by atoms with E-state index >= 15 is 0 Å². The molecule has 1 saturated heterocycles. The van der Waals surface area contributed by atoms with Crippen molar-refractivity contribution in [2.75, 3.05) is 18.4 Å². The van der Waals surface area contributed by atoms with Crippen LogP contribution in [0.4, 0.5) is 15.0 Å². The number of amidine groups is 1. The summed E-state index contributed by atoms with van der Waals surface area (Å²) in [5, 5.41) is 8.15. The first-order valence-electron chi connectivity index (χ1n) is 9.05. The van der Waals surface area contributed by atoms with Gasteiger partial charge in [0.15, 0.2) is 5.84 Å². The second-order valence-corrected chi connectivity index (χ2v) is 7.79. The number of pyridine rings is 1. The Labute approximate surface area is 162 Å². The highest BCUT2D eigenvalue weighted by molar-refractivity contribution is 6.02. The molecule has 0 spiro atoms. The first-order valence-corrected chi connectivity index (χ1v) is 9.05. The highest BCUT2D eigenvalue weighted by Gasteiger charge is 2.30. The van der Waals surface area contributed by atoms with Crippen LogP contribution in [0.3, 0.4) is 0 Å². The Morgan fingerprint density at radius 3 is 2.82 bits per heavy atom. The third-order valence-electron chi connectivity index (χ3n) is 4.38. The van der Waals surface area contributed by atoms with Crippen molar-refractivity contribution >= 4 is 28.5 Å². The highest BCUT2D eigenvalue weighted by atomic mass is 19.1. The van der Waals surface area contributed by atoms with E-state index in [9.17, 15) is 9.18 Å². The number of nitrogens with two attached hydrogens (primary N) is 2. The number of hydrazone groups is 1. The van der Waals surface area contributed by atoms with Gasteiger partial charge in [0, 0.05) is 24.5 Å². The van der Waals surface area contributed by atoms with Crippen LogP contribution in [0.25, 0.3) is 10.8 Å². The third kappa shape index (κ3) is 4.41. The van der Waals surface area contributed by atoms with E-state index in [1.807, 2.05) is 20.8 Å². The maximum Gasteiger partial charge on any atom is 0.410 e. The molecule has 1 fully saturated rings. The molecule has 8 nitrogen and oxygen atoms in total. The summed E-state index contributed by atoms with van der Waals surface area (Å²) >= 11 is 0. The Kier molecular flexibility index (Phi) is 5.26. The third-order valence-corrected chi connectivity index (χ3v) is 4.38. The summed E-state index contributed by atoms with van der Waals surface area (Å²) in [6, 6.07) is 6.06. The molecule has 1 aliphatic heterocycles. The van der Waals surface area contributed by atoms with Gasteiger partial charge in [0.25, 0.3) is 0 Å². The second-order valence-electron chi connectivity index (χ2n) is 7.79. The monoisotopic (exact) mass is 388 g/mol. The average Bonchev–Trinajstić information content (AvgIpc) is 3.08. The Morgan fingerprint density at radius 2 is 2.14 bits per heavy atom. The number of benzene rings is 1. The molecule has 9 heteroatoms. The van der Waals surface area contributed by atoms with Gasteiger partial charge in [-0.05, 0) is 50.8 Å². The number of nitrogens with zero attached hydrogens (tertiary/aromatic N) is 3. The van der Waals surface area contributed by atoms with Crippen molar-refractivity contribution in [3.05, 3.63) is 35.8 Å². The summed E-state index contributed by atoms with van der Waals surface area (Å²) in [5.74, 6) is 5.45. The van der Waals surface area contributed by atoms with Crippen LogP contribution in [0, 0.1) is 5.82 Å². The van der Waals surface area contributed by atoms with Crippen molar-refractivity contribution in [3.8, 4) is 0 Å². The number of hydrogen-bond donors (Lipinski definition) is 3. The number of nitrogens with one attached hydrogen (secondary N) is 1. The maximum atomic E-state index is 13.8. The standard InChI is InChI=1S/C19H25FN6O2/c1-19(2,3)28-18(27)26-7-6-13(10-26)23-17-14-9-12(20)5-4-11(14)8-15(24-17)16(21)25-22/h4-5,8-9,13H,6-7,10,22H2,1-3H3,(H2,21,25)(H,23,24). The average molecular weight is 388 g/mol. The molecule has 150 valence electrons. The number of fused-ring (bicyclic) bond motifs is 1. The molecule has 28 heavy (non-hydrogen) atoms. The number of rotatable bonds is 3. The van der Waals surface area contributed by atoms with Crippen molar-refractivity contribution in [1.82, 2.24) is 9.88 Å². The van der Waals surface area contributed by atoms with Gasteiger partial charge in [0.05, 0.1) is 0 Å². The minimum atomic E-state index is -0.550. The molecule has 1 amide bonds. The number of carbonyl (C=O) groups is 1. The van der Waals surface area contributed by atoms with Gasteiger partial charge >= 0.3 is 6.09 Å². The zero-order valence-electron chi connectivity index (χ0n) is 16.2. The SMILES string of the molecule is CC(C)(C)OC(=O)N1CCC(Nc2nc(C(N)=NN)cc3ccc(F)cc23)C1. The van der Waals surface area contributed by atoms with E-state index in [0.717, 1.165) is 5.39 Å². The molecule has 3 rings (SSSR count). The number of likely N-dealkylation sites (tertiary alicyclic amines) is 1. The van der Waals surface area contributed by atoms with Gasteiger partial charge in [-0.15, -0.1) is 0 Å². The van der Waals surface area contributed by atoms with E-state index in [1.54, 1.807) is 17.0 Å². The van der Waals surface area contributed by atoms with E-state index in [0.29, 0.717) is 36.4 Å². The van der Waals surface area contributed by atoms with Crippen molar-refractivity contribution in [2.45, 2.75) is 38.8 Å². The smallest absolute Gasteiger partial charge is 0.410 e. The lowest BCUT2D eigenvalue weighted by atomic mass is 10.1. The zero-order chi connectivity index (χ0) is 20.5. The molecular weight excluding hydrogens is 363 g/mol. The molecule has 1 aromatic heterocycles. The van der Waals surface area contributed by atoms with Gasteiger partial charge in [-0.3, -0.25) is 0 Å². The van der Waals surface area contributed by atoms with E-state index in [4.69, 9.17) is 16.3 Å². The van der Waals surface area contributed by atoms with Crippen molar-refractivity contribution < 1.29 is 13.9 Å². The Bertz CT molecular complexity index is 925. The van der Waals surface area contributed by atoms with E-state index in [-0.39, 0.29) is 23.8 Å². The number of halogens is 1. The molecule has 1 aromatic carbocycles. The fourth-order valence-electron chi connectivity index (χ4n) is 3.09. The number of ether oxygens (including phenoxy) is 1. The van der Waals surface area contributed by atoms with Gasteiger partial charge in [0.1, 0.15) is 22.9 Å². The fourth-order valence-corrected chi connectivity index (χ4v) is 3.09. The van der Waals surface area contributed by atoms with Crippen LogP contribution in [0.1, 0.15) is 32.9 Å². The second kappa shape index (κ2) is 7.49. The number of amides is 1. The molecule has 0 aliphatic carbocycles. The van der Waals surface area contributed by atoms with Crippen molar-refractivity contribution in [2.24, 2.45) is 16.7 Å². The van der Waals surface area contributed by atoms with Gasteiger partial charge in [-0.1, -0.05) is 6.07 Å².